The average molecular weight is 117 g/mol. The topological polar surface area (TPSA) is 44.6 Å². The van der Waals surface area contributed by atoms with Gasteiger partial charge in [-0.3, -0.25) is 0 Å². The Morgan fingerprint density at radius 1 is 1.75 bits per heavy atom. The Hall–Kier alpha value is -0.410. The standard InChI is InChI=1S/C5H11NO2/c1-3-4-5(7)6(2)8/h6H,3-4H2,1-2H3. The fourth-order valence-corrected chi connectivity index (χ4v) is 0.403. The van der Waals surface area contributed by atoms with E-state index in [0.29, 0.717) is 6.42 Å². The van der Waals surface area contributed by atoms with E-state index in [-0.39, 0.29) is 11.0 Å². The molecule has 0 fully saturated rings. The van der Waals surface area contributed by atoms with Crippen molar-refractivity contribution in [2.45, 2.75) is 19.8 Å². The van der Waals surface area contributed by atoms with Gasteiger partial charge in [-0.25, -0.2) is 4.79 Å². The first kappa shape index (κ1) is 7.59. The fourth-order valence-electron chi connectivity index (χ4n) is 0.403. The van der Waals surface area contributed by atoms with E-state index in [9.17, 15) is 10.0 Å². The second kappa shape index (κ2) is 3.57. The maximum Gasteiger partial charge on any atom is 0.311 e. The van der Waals surface area contributed by atoms with Crippen molar-refractivity contribution in [1.82, 2.24) is 0 Å². The Bertz CT molecular complexity index is 80.5. The highest BCUT2D eigenvalue weighted by Crippen LogP contribution is 1.80. The normalized spacial score (nSPS) is 13.4. The summed E-state index contributed by atoms with van der Waals surface area (Å²) in [6.45, 7) is 1.88. The lowest BCUT2D eigenvalue weighted by Gasteiger charge is -2.11. The van der Waals surface area contributed by atoms with Gasteiger partial charge >= 0.3 is 5.91 Å². The summed E-state index contributed by atoms with van der Waals surface area (Å²) in [5.74, 6) is -0.257. The molecule has 3 nitrogen and oxygen atoms in total. The summed E-state index contributed by atoms with van der Waals surface area (Å²) in [7, 11) is 1.30. The molecule has 1 atom stereocenters. The maximum absolute atomic E-state index is 10.4. The smallest absolute Gasteiger partial charge is 0.311 e. The summed E-state index contributed by atoms with van der Waals surface area (Å²) >= 11 is 0. The maximum atomic E-state index is 10.4. The fraction of sp³-hybridized carbons (Fsp3) is 0.800. The highest BCUT2D eigenvalue weighted by atomic mass is 16.5. The third-order valence-corrected chi connectivity index (χ3v) is 0.870. The summed E-state index contributed by atoms with van der Waals surface area (Å²) in [4.78, 5) is 10.4. The Labute approximate surface area is 48.9 Å². The second-order valence-electron chi connectivity index (χ2n) is 1.73. The van der Waals surface area contributed by atoms with Crippen LogP contribution in [-0.4, -0.2) is 13.0 Å². The summed E-state index contributed by atoms with van der Waals surface area (Å²) in [6.07, 6.45) is 1.16. The second-order valence-corrected chi connectivity index (χ2v) is 1.73. The van der Waals surface area contributed by atoms with Gasteiger partial charge in [-0.05, 0) is 6.42 Å². The Balaban J connectivity index is 3.33. The number of hydroxylamine groups is 2. The quantitative estimate of drug-likeness (QED) is 0.487. The monoisotopic (exact) mass is 117 g/mol. The van der Waals surface area contributed by atoms with Crippen LogP contribution in [0.4, 0.5) is 0 Å². The molecule has 1 unspecified atom stereocenters. The molecule has 0 heterocycles. The molecule has 1 amide bonds. The molecule has 0 aliphatic carbocycles. The van der Waals surface area contributed by atoms with Gasteiger partial charge in [0.1, 0.15) is 0 Å². The molecule has 0 radical (unpaired) electrons. The van der Waals surface area contributed by atoms with E-state index in [1.807, 2.05) is 6.92 Å². The third kappa shape index (κ3) is 2.71. The zero-order chi connectivity index (χ0) is 6.57. The summed E-state index contributed by atoms with van der Waals surface area (Å²) in [6, 6.07) is 0. The first-order valence-corrected chi connectivity index (χ1v) is 2.72. The molecule has 0 aromatic rings. The molecular formula is C5H11NO2. The molecule has 0 aliphatic heterocycles. The number of carbonyl (C=O) groups is 1. The average Bonchev–Trinajstić information content (AvgIpc) is 1.67. The molecule has 8 heavy (non-hydrogen) atoms. The van der Waals surface area contributed by atoms with Crippen LogP contribution in [-0.2, 0) is 4.79 Å². The number of rotatable bonds is 2. The molecule has 1 N–H and O–H groups in total. The number of hydrogen-bond donors (Lipinski definition) is 1. The van der Waals surface area contributed by atoms with E-state index >= 15 is 0 Å². The van der Waals surface area contributed by atoms with Crippen molar-refractivity contribution in [1.29, 1.82) is 0 Å². The van der Waals surface area contributed by atoms with Crippen LogP contribution in [0.5, 0.6) is 0 Å². The van der Waals surface area contributed by atoms with Gasteiger partial charge in [-0.2, -0.15) is 0 Å². The van der Waals surface area contributed by atoms with E-state index in [2.05, 4.69) is 0 Å². The highest BCUT2D eigenvalue weighted by molar-refractivity contribution is 5.66. The molecule has 48 valence electrons. The summed E-state index contributed by atoms with van der Waals surface area (Å²) in [5, 5.41) is 9.86. The Kier molecular flexibility index (Phi) is 3.39. The minimum atomic E-state index is -0.327. The molecule has 0 bridgehead atoms. The minimum Gasteiger partial charge on any atom is -0.627 e. The molecule has 0 rings (SSSR count). The van der Waals surface area contributed by atoms with Gasteiger partial charge in [0.05, 0.1) is 13.5 Å². The van der Waals surface area contributed by atoms with Gasteiger partial charge in [0.15, 0.2) is 0 Å². The molecule has 0 aliphatic rings. The molecule has 0 aromatic heterocycles. The lowest BCUT2D eigenvalue weighted by atomic mass is 10.3. The zero-order valence-corrected chi connectivity index (χ0v) is 5.23. The molecule has 0 saturated heterocycles. The Morgan fingerprint density at radius 3 is 2.38 bits per heavy atom. The van der Waals surface area contributed by atoms with Crippen molar-refractivity contribution in [2.75, 3.05) is 7.05 Å². The largest absolute Gasteiger partial charge is 0.627 e. The van der Waals surface area contributed by atoms with Crippen LogP contribution in [0.25, 0.3) is 0 Å². The number of nitrogens with one attached hydrogen (secondary N) is 1. The minimum absolute atomic E-state index is 0.257. The molecule has 0 spiro atoms. The van der Waals surface area contributed by atoms with Crippen LogP contribution < -0.4 is 5.06 Å². The van der Waals surface area contributed by atoms with Crippen LogP contribution in [0.3, 0.4) is 0 Å². The van der Waals surface area contributed by atoms with E-state index in [4.69, 9.17) is 0 Å². The van der Waals surface area contributed by atoms with Gasteiger partial charge in [-0.1, -0.05) is 6.92 Å². The van der Waals surface area contributed by atoms with E-state index < -0.39 is 0 Å². The number of quaternary nitrogens is 1. The van der Waals surface area contributed by atoms with Crippen molar-refractivity contribution in [3.8, 4) is 0 Å². The highest BCUT2D eigenvalue weighted by Gasteiger charge is 2.01. The van der Waals surface area contributed by atoms with Crippen LogP contribution in [0.2, 0.25) is 0 Å². The van der Waals surface area contributed by atoms with Crippen LogP contribution in [0, 0.1) is 5.21 Å². The van der Waals surface area contributed by atoms with Crippen LogP contribution in [0.15, 0.2) is 0 Å². The van der Waals surface area contributed by atoms with E-state index in [1.165, 1.54) is 7.05 Å². The van der Waals surface area contributed by atoms with Gasteiger partial charge in [-0.15, -0.1) is 0 Å². The van der Waals surface area contributed by atoms with E-state index in [1.54, 1.807) is 0 Å². The van der Waals surface area contributed by atoms with Gasteiger partial charge in [0, 0.05) is 0 Å². The zero-order valence-electron chi connectivity index (χ0n) is 5.23. The van der Waals surface area contributed by atoms with Crippen molar-refractivity contribution in [2.24, 2.45) is 0 Å². The van der Waals surface area contributed by atoms with Gasteiger partial charge < -0.3 is 10.3 Å². The van der Waals surface area contributed by atoms with Crippen LogP contribution >= 0.6 is 0 Å². The van der Waals surface area contributed by atoms with Crippen molar-refractivity contribution >= 4 is 5.91 Å². The lowest BCUT2D eigenvalue weighted by molar-refractivity contribution is -0.741. The third-order valence-electron chi connectivity index (χ3n) is 0.870. The van der Waals surface area contributed by atoms with Crippen LogP contribution in [0.1, 0.15) is 19.8 Å². The van der Waals surface area contributed by atoms with Crippen molar-refractivity contribution < 1.29 is 9.86 Å². The Morgan fingerprint density at radius 2 is 2.25 bits per heavy atom. The van der Waals surface area contributed by atoms with Crippen molar-refractivity contribution in [3.05, 3.63) is 5.21 Å². The number of amides is 1. The van der Waals surface area contributed by atoms with Gasteiger partial charge in [0.25, 0.3) is 0 Å². The van der Waals surface area contributed by atoms with E-state index in [0.717, 1.165) is 6.42 Å². The predicted octanol–water partition coefficient (Wildman–Crippen LogP) is -0.674. The van der Waals surface area contributed by atoms with Crippen molar-refractivity contribution in [3.63, 3.8) is 0 Å². The first-order valence-electron chi connectivity index (χ1n) is 2.72. The summed E-state index contributed by atoms with van der Waals surface area (Å²) in [5.41, 5.74) is 0. The van der Waals surface area contributed by atoms with Gasteiger partial charge in [0.2, 0.25) is 0 Å². The number of carbonyl (C=O) groups excluding carboxylic acids is 1. The predicted molar refractivity (Wildman–Crippen MR) is 30.2 cm³/mol. The molecule has 3 heteroatoms. The lowest BCUT2D eigenvalue weighted by Crippen LogP contribution is -3.06. The molecular weight excluding hydrogens is 106 g/mol. The first-order chi connectivity index (χ1) is 3.68. The molecule has 0 saturated carbocycles. The molecule has 0 aromatic carbocycles. The SMILES string of the molecule is CCCC(=O)[NH+](C)[O-]. The number of hydrogen-bond acceptors (Lipinski definition) is 2. The summed E-state index contributed by atoms with van der Waals surface area (Å²) < 4.78 is 0.